The number of nitrogens with two attached hydrogens (primary N) is 1. The van der Waals surface area contributed by atoms with Crippen LogP contribution in [0.15, 0.2) is 18.2 Å². The Hall–Kier alpha value is -0.800. The van der Waals surface area contributed by atoms with Crippen LogP contribution in [0.4, 0.5) is 5.69 Å². The quantitative estimate of drug-likeness (QED) is 0.820. The molecule has 0 bridgehead atoms. The van der Waals surface area contributed by atoms with Crippen LogP contribution >= 0.6 is 23.8 Å². The van der Waals surface area contributed by atoms with Gasteiger partial charge in [0.25, 0.3) is 0 Å². The van der Waals surface area contributed by atoms with Crippen LogP contribution in [0, 0.1) is 5.41 Å². The van der Waals surface area contributed by atoms with E-state index in [0.29, 0.717) is 15.4 Å². The third-order valence-electron chi connectivity index (χ3n) is 3.52. The first-order valence-corrected chi connectivity index (χ1v) is 6.62. The Bertz CT molecular complexity index is 441. The number of hydrogen-bond acceptors (Lipinski definition) is 2. The highest BCUT2D eigenvalue weighted by molar-refractivity contribution is 7.80. The average molecular weight is 269 g/mol. The molecule has 0 radical (unpaired) electrons. The molecule has 1 fully saturated rings. The van der Waals surface area contributed by atoms with Crippen LogP contribution in [0.25, 0.3) is 0 Å². The Morgan fingerprint density at radius 3 is 2.71 bits per heavy atom. The summed E-state index contributed by atoms with van der Waals surface area (Å²) in [6, 6.07) is 5.66. The predicted octanol–water partition coefficient (Wildman–Crippen LogP) is 3.58. The zero-order valence-electron chi connectivity index (χ0n) is 9.92. The van der Waals surface area contributed by atoms with Crippen molar-refractivity contribution >= 4 is 34.5 Å². The third-order valence-corrected chi connectivity index (χ3v) is 4.07. The maximum atomic E-state index is 6.19. The molecule has 0 spiro atoms. The number of nitrogens with one attached hydrogen (secondary N) is 1. The fourth-order valence-electron chi connectivity index (χ4n) is 2.08. The SMILES string of the molecule is CC1(CNc2ccc(C(N)=S)cc2Cl)CCC1. The fraction of sp³-hybridized carbons (Fsp3) is 0.462. The number of benzene rings is 1. The average Bonchev–Trinajstić information content (AvgIpc) is 2.24. The van der Waals surface area contributed by atoms with Crippen LogP contribution in [0.1, 0.15) is 31.7 Å². The first-order chi connectivity index (χ1) is 8.00. The van der Waals surface area contributed by atoms with Crippen molar-refractivity contribution in [3.05, 3.63) is 28.8 Å². The molecular formula is C13H17ClN2S. The second-order valence-corrected chi connectivity index (χ2v) is 5.92. The van der Waals surface area contributed by atoms with Crippen molar-refractivity contribution in [2.75, 3.05) is 11.9 Å². The Morgan fingerprint density at radius 1 is 1.53 bits per heavy atom. The van der Waals surface area contributed by atoms with Gasteiger partial charge in [-0.3, -0.25) is 0 Å². The van der Waals surface area contributed by atoms with Gasteiger partial charge in [0.05, 0.1) is 10.7 Å². The number of hydrogen-bond donors (Lipinski definition) is 2. The highest BCUT2D eigenvalue weighted by Gasteiger charge is 2.31. The first-order valence-electron chi connectivity index (χ1n) is 5.83. The van der Waals surface area contributed by atoms with E-state index in [1.807, 2.05) is 18.2 Å². The summed E-state index contributed by atoms with van der Waals surface area (Å²) in [6.45, 7) is 3.28. The van der Waals surface area contributed by atoms with Gasteiger partial charge in [-0.25, -0.2) is 0 Å². The zero-order chi connectivity index (χ0) is 12.5. The highest BCUT2D eigenvalue weighted by atomic mass is 35.5. The fourth-order valence-corrected chi connectivity index (χ4v) is 2.45. The summed E-state index contributed by atoms with van der Waals surface area (Å²) in [6.07, 6.45) is 3.93. The van der Waals surface area contributed by atoms with Crippen molar-refractivity contribution in [2.24, 2.45) is 11.1 Å². The number of rotatable bonds is 4. The third kappa shape index (κ3) is 2.90. The van der Waals surface area contributed by atoms with Crippen molar-refractivity contribution in [3.8, 4) is 0 Å². The van der Waals surface area contributed by atoms with Crippen LogP contribution in [-0.4, -0.2) is 11.5 Å². The molecule has 0 amide bonds. The largest absolute Gasteiger partial charge is 0.389 e. The molecule has 1 aromatic carbocycles. The van der Waals surface area contributed by atoms with E-state index in [1.165, 1.54) is 19.3 Å². The van der Waals surface area contributed by atoms with Crippen LogP contribution < -0.4 is 11.1 Å². The molecule has 1 aliphatic rings. The van der Waals surface area contributed by atoms with E-state index in [4.69, 9.17) is 29.6 Å². The summed E-state index contributed by atoms with van der Waals surface area (Å²) in [5, 5.41) is 4.08. The molecule has 2 rings (SSSR count). The van der Waals surface area contributed by atoms with E-state index in [2.05, 4.69) is 12.2 Å². The molecule has 0 heterocycles. The molecule has 92 valence electrons. The lowest BCUT2D eigenvalue weighted by Gasteiger charge is -2.38. The molecule has 1 saturated carbocycles. The Balaban J connectivity index is 2.03. The van der Waals surface area contributed by atoms with Gasteiger partial charge in [0.1, 0.15) is 4.99 Å². The second kappa shape index (κ2) is 4.83. The lowest BCUT2D eigenvalue weighted by Crippen LogP contribution is -2.33. The summed E-state index contributed by atoms with van der Waals surface area (Å²) in [4.78, 5) is 0.379. The first kappa shape index (κ1) is 12.7. The van der Waals surface area contributed by atoms with Gasteiger partial charge in [-0.05, 0) is 36.5 Å². The molecule has 0 aromatic heterocycles. The van der Waals surface area contributed by atoms with Crippen LogP contribution in [0.3, 0.4) is 0 Å². The molecular weight excluding hydrogens is 252 g/mol. The molecule has 0 saturated heterocycles. The summed E-state index contributed by atoms with van der Waals surface area (Å²) in [5.41, 5.74) is 7.76. The summed E-state index contributed by atoms with van der Waals surface area (Å²) >= 11 is 11.1. The molecule has 0 atom stereocenters. The lowest BCUT2D eigenvalue weighted by atomic mass is 9.70. The molecule has 0 unspecified atom stereocenters. The van der Waals surface area contributed by atoms with Crippen molar-refractivity contribution in [3.63, 3.8) is 0 Å². The van der Waals surface area contributed by atoms with Crippen LogP contribution in [0.2, 0.25) is 5.02 Å². The van der Waals surface area contributed by atoms with Crippen LogP contribution in [0.5, 0.6) is 0 Å². The Morgan fingerprint density at radius 2 is 2.24 bits per heavy atom. The monoisotopic (exact) mass is 268 g/mol. The van der Waals surface area contributed by atoms with Gasteiger partial charge in [-0.2, -0.15) is 0 Å². The number of anilines is 1. The molecule has 1 aromatic rings. The lowest BCUT2D eigenvalue weighted by molar-refractivity contribution is 0.180. The van der Waals surface area contributed by atoms with E-state index in [1.54, 1.807) is 0 Å². The van der Waals surface area contributed by atoms with Crippen molar-refractivity contribution in [2.45, 2.75) is 26.2 Å². The minimum absolute atomic E-state index is 0.379. The van der Waals surface area contributed by atoms with E-state index in [0.717, 1.165) is 17.8 Å². The zero-order valence-corrected chi connectivity index (χ0v) is 11.5. The van der Waals surface area contributed by atoms with Crippen LogP contribution in [-0.2, 0) is 0 Å². The molecule has 0 aliphatic heterocycles. The molecule has 3 N–H and O–H groups in total. The minimum atomic E-state index is 0.379. The maximum Gasteiger partial charge on any atom is 0.104 e. The Kier molecular flexibility index (Phi) is 3.59. The molecule has 17 heavy (non-hydrogen) atoms. The van der Waals surface area contributed by atoms with Gasteiger partial charge in [0.2, 0.25) is 0 Å². The van der Waals surface area contributed by atoms with Crippen molar-refractivity contribution in [1.29, 1.82) is 0 Å². The normalized spacial score (nSPS) is 17.3. The van der Waals surface area contributed by atoms with E-state index in [9.17, 15) is 0 Å². The number of thiocarbonyl (C=S) groups is 1. The van der Waals surface area contributed by atoms with Gasteiger partial charge in [-0.1, -0.05) is 37.2 Å². The van der Waals surface area contributed by atoms with Crippen molar-refractivity contribution in [1.82, 2.24) is 0 Å². The Labute approximate surface area is 113 Å². The summed E-state index contributed by atoms with van der Waals surface area (Å²) < 4.78 is 0. The summed E-state index contributed by atoms with van der Waals surface area (Å²) in [5.74, 6) is 0. The highest BCUT2D eigenvalue weighted by Crippen LogP contribution is 2.40. The van der Waals surface area contributed by atoms with Crippen molar-refractivity contribution < 1.29 is 0 Å². The topological polar surface area (TPSA) is 38.0 Å². The van der Waals surface area contributed by atoms with E-state index >= 15 is 0 Å². The van der Waals surface area contributed by atoms with E-state index in [-0.39, 0.29) is 0 Å². The van der Waals surface area contributed by atoms with Gasteiger partial charge in [0, 0.05) is 12.1 Å². The predicted molar refractivity (Wildman–Crippen MR) is 77.8 cm³/mol. The van der Waals surface area contributed by atoms with Gasteiger partial charge in [-0.15, -0.1) is 0 Å². The summed E-state index contributed by atoms with van der Waals surface area (Å²) in [7, 11) is 0. The van der Waals surface area contributed by atoms with Gasteiger partial charge in [0.15, 0.2) is 0 Å². The van der Waals surface area contributed by atoms with E-state index < -0.39 is 0 Å². The maximum absolute atomic E-state index is 6.19. The van der Waals surface area contributed by atoms with Gasteiger partial charge < -0.3 is 11.1 Å². The smallest absolute Gasteiger partial charge is 0.104 e. The molecule has 2 nitrogen and oxygen atoms in total. The van der Waals surface area contributed by atoms with Gasteiger partial charge >= 0.3 is 0 Å². The minimum Gasteiger partial charge on any atom is -0.389 e. The molecule has 1 aliphatic carbocycles. The number of halogens is 1. The standard InChI is InChI=1S/C13H17ClN2S/c1-13(5-2-6-13)8-16-11-4-3-9(12(15)17)7-10(11)14/h3-4,7,16H,2,5-6,8H2,1H3,(H2,15,17). The second-order valence-electron chi connectivity index (χ2n) is 5.08. The molecule has 4 heteroatoms.